The number of nitrogens with one attached hydrogen (secondary N) is 1. The predicted octanol–water partition coefficient (Wildman–Crippen LogP) is 3.42. The third-order valence-corrected chi connectivity index (χ3v) is 5.73. The van der Waals surface area contributed by atoms with Crippen LogP contribution in [0.4, 0.5) is 5.13 Å². The van der Waals surface area contributed by atoms with E-state index in [1.807, 2.05) is 24.1 Å². The van der Waals surface area contributed by atoms with Gasteiger partial charge in [-0.05, 0) is 26.7 Å². The molecule has 1 saturated carbocycles. The van der Waals surface area contributed by atoms with Gasteiger partial charge in [-0.2, -0.15) is 0 Å². The van der Waals surface area contributed by atoms with Crippen molar-refractivity contribution >= 4 is 34.1 Å². The number of carbonyl (C=O) groups excluding carboxylic acids is 1. The molecule has 124 valence electrons. The van der Waals surface area contributed by atoms with Gasteiger partial charge in [0.2, 0.25) is 11.1 Å². The van der Waals surface area contributed by atoms with E-state index >= 15 is 0 Å². The lowest BCUT2D eigenvalue weighted by Gasteiger charge is -2.33. The maximum atomic E-state index is 13.1. The van der Waals surface area contributed by atoms with Crippen LogP contribution in [0.3, 0.4) is 0 Å². The van der Waals surface area contributed by atoms with Crippen molar-refractivity contribution in [1.29, 1.82) is 0 Å². The zero-order valence-electron chi connectivity index (χ0n) is 13.4. The second-order valence-corrected chi connectivity index (χ2v) is 7.96. The first kappa shape index (κ1) is 16.4. The highest BCUT2D eigenvalue weighted by Crippen LogP contribution is 2.31. The van der Waals surface area contributed by atoms with E-state index in [9.17, 15) is 4.79 Å². The SMILES string of the molecule is Cc1nc(S[C@@H](C)C(=O)N(c2nccs2)C2CCCCC2)n[nH]1. The molecule has 0 bridgehead atoms. The van der Waals surface area contributed by atoms with Crippen molar-refractivity contribution in [3.8, 4) is 0 Å². The zero-order valence-corrected chi connectivity index (χ0v) is 15.0. The average Bonchev–Trinajstić information content (AvgIpc) is 3.21. The van der Waals surface area contributed by atoms with Crippen molar-refractivity contribution in [3.63, 3.8) is 0 Å². The molecule has 2 aromatic heterocycles. The number of hydrogen-bond donors (Lipinski definition) is 1. The van der Waals surface area contributed by atoms with E-state index in [1.54, 1.807) is 6.20 Å². The maximum absolute atomic E-state index is 13.1. The van der Waals surface area contributed by atoms with Crippen molar-refractivity contribution in [2.45, 2.75) is 62.4 Å². The van der Waals surface area contributed by atoms with Crippen molar-refractivity contribution in [2.24, 2.45) is 0 Å². The Labute approximate surface area is 144 Å². The molecule has 8 heteroatoms. The minimum absolute atomic E-state index is 0.0966. The molecule has 0 spiro atoms. The Kier molecular flexibility index (Phi) is 5.32. The Morgan fingerprint density at radius 1 is 1.43 bits per heavy atom. The molecule has 0 aromatic carbocycles. The first-order valence-corrected chi connectivity index (χ1v) is 9.69. The van der Waals surface area contributed by atoms with Crippen LogP contribution in [0, 0.1) is 6.92 Å². The van der Waals surface area contributed by atoms with Crippen LogP contribution in [0.2, 0.25) is 0 Å². The van der Waals surface area contributed by atoms with Crippen LogP contribution in [0.25, 0.3) is 0 Å². The molecule has 1 atom stereocenters. The highest BCUT2D eigenvalue weighted by Gasteiger charge is 2.32. The van der Waals surface area contributed by atoms with Crippen LogP contribution in [0.15, 0.2) is 16.7 Å². The molecule has 2 aromatic rings. The van der Waals surface area contributed by atoms with Gasteiger partial charge in [0, 0.05) is 17.6 Å². The Hall–Kier alpha value is -1.41. The van der Waals surface area contributed by atoms with Gasteiger partial charge in [0.05, 0.1) is 5.25 Å². The molecule has 1 fully saturated rings. The lowest BCUT2D eigenvalue weighted by molar-refractivity contribution is -0.118. The summed E-state index contributed by atoms with van der Waals surface area (Å²) < 4.78 is 0. The molecule has 0 radical (unpaired) electrons. The molecule has 3 rings (SSSR count). The van der Waals surface area contributed by atoms with E-state index in [4.69, 9.17) is 0 Å². The fourth-order valence-electron chi connectivity index (χ4n) is 2.88. The van der Waals surface area contributed by atoms with E-state index < -0.39 is 0 Å². The number of aryl methyl sites for hydroxylation is 1. The first-order chi connectivity index (χ1) is 11.1. The number of anilines is 1. The molecule has 1 aliphatic carbocycles. The van der Waals surface area contributed by atoms with Gasteiger partial charge in [0.1, 0.15) is 5.82 Å². The number of rotatable bonds is 5. The number of hydrogen-bond acceptors (Lipinski definition) is 6. The molecule has 23 heavy (non-hydrogen) atoms. The summed E-state index contributed by atoms with van der Waals surface area (Å²) in [6.07, 6.45) is 7.50. The summed E-state index contributed by atoms with van der Waals surface area (Å²) in [6.45, 7) is 3.77. The lowest BCUT2D eigenvalue weighted by atomic mass is 9.94. The van der Waals surface area contributed by atoms with E-state index in [1.165, 1.54) is 42.4 Å². The Bertz CT molecular complexity index is 636. The standard InChI is InChI=1S/C15H21N5OS2/c1-10(23-14-17-11(2)18-19-14)13(21)20(15-16-8-9-22-15)12-6-4-3-5-7-12/h8-10,12H,3-7H2,1-2H3,(H,17,18,19)/t10-/m0/s1. The van der Waals surface area contributed by atoms with Crippen LogP contribution < -0.4 is 4.90 Å². The molecule has 2 heterocycles. The molecule has 1 aliphatic rings. The third-order valence-electron chi connectivity index (χ3n) is 4.01. The lowest BCUT2D eigenvalue weighted by Crippen LogP contribution is -2.45. The molecule has 1 amide bonds. The fourth-order valence-corrected chi connectivity index (χ4v) is 4.42. The minimum atomic E-state index is -0.240. The third kappa shape index (κ3) is 3.92. The predicted molar refractivity (Wildman–Crippen MR) is 92.9 cm³/mol. The molecule has 0 aliphatic heterocycles. The summed E-state index contributed by atoms with van der Waals surface area (Å²) in [7, 11) is 0. The molecule has 1 N–H and O–H groups in total. The van der Waals surface area contributed by atoms with Gasteiger partial charge < -0.3 is 0 Å². The summed E-state index contributed by atoms with van der Waals surface area (Å²) in [4.78, 5) is 23.6. The van der Waals surface area contributed by atoms with Gasteiger partial charge in [0.25, 0.3) is 0 Å². The number of carbonyl (C=O) groups is 1. The summed E-state index contributed by atoms with van der Waals surface area (Å²) in [5, 5.41) is 10.0. The molecular formula is C15H21N5OS2. The molecule has 0 unspecified atom stereocenters. The number of thioether (sulfide) groups is 1. The smallest absolute Gasteiger partial charge is 0.242 e. The Morgan fingerprint density at radius 3 is 2.83 bits per heavy atom. The van der Waals surface area contributed by atoms with Crippen LogP contribution in [0.5, 0.6) is 0 Å². The van der Waals surface area contributed by atoms with Gasteiger partial charge >= 0.3 is 0 Å². The average molecular weight is 352 g/mol. The quantitative estimate of drug-likeness (QED) is 0.836. The van der Waals surface area contributed by atoms with Gasteiger partial charge in [0.15, 0.2) is 5.13 Å². The number of aromatic amines is 1. The minimum Gasteiger partial charge on any atom is -0.284 e. The number of H-pyrrole nitrogens is 1. The zero-order chi connectivity index (χ0) is 16.2. The van der Waals surface area contributed by atoms with Crippen molar-refractivity contribution in [2.75, 3.05) is 4.90 Å². The number of nitrogens with zero attached hydrogens (tertiary/aromatic N) is 4. The monoisotopic (exact) mass is 351 g/mol. The van der Waals surface area contributed by atoms with Gasteiger partial charge in [-0.25, -0.2) is 9.97 Å². The summed E-state index contributed by atoms with van der Waals surface area (Å²) in [5.74, 6) is 0.857. The highest BCUT2D eigenvalue weighted by atomic mass is 32.2. The second-order valence-electron chi connectivity index (χ2n) is 5.78. The van der Waals surface area contributed by atoms with E-state index in [-0.39, 0.29) is 17.2 Å². The van der Waals surface area contributed by atoms with Gasteiger partial charge in [-0.15, -0.1) is 16.4 Å². The van der Waals surface area contributed by atoms with Gasteiger partial charge in [-0.1, -0.05) is 31.0 Å². The second kappa shape index (κ2) is 7.44. The topological polar surface area (TPSA) is 74.8 Å². The number of thiazole rings is 1. The number of amides is 1. The highest BCUT2D eigenvalue weighted by molar-refractivity contribution is 8.00. The van der Waals surface area contributed by atoms with E-state index in [0.29, 0.717) is 5.16 Å². The van der Waals surface area contributed by atoms with Crippen molar-refractivity contribution < 1.29 is 4.79 Å². The molecule has 0 saturated heterocycles. The van der Waals surface area contributed by atoms with Gasteiger partial charge in [-0.3, -0.25) is 14.8 Å². The summed E-state index contributed by atoms with van der Waals surface area (Å²) in [5.41, 5.74) is 0. The largest absolute Gasteiger partial charge is 0.284 e. The Balaban J connectivity index is 1.76. The maximum Gasteiger partial charge on any atom is 0.242 e. The van der Waals surface area contributed by atoms with Crippen molar-refractivity contribution in [3.05, 3.63) is 17.4 Å². The summed E-state index contributed by atoms with van der Waals surface area (Å²) >= 11 is 2.92. The fraction of sp³-hybridized carbons (Fsp3) is 0.600. The van der Waals surface area contributed by atoms with E-state index in [0.717, 1.165) is 23.8 Å². The first-order valence-electron chi connectivity index (χ1n) is 7.93. The number of aromatic nitrogens is 4. The van der Waals surface area contributed by atoms with Crippen LogP contribution in [0.1, 0.15) is 44.9 Å². The van der Waals surface area contributed by atoms with Crippen LogP contribution in [-0.2, 0) is 4.79 Å². The van der Waals surface area contributed by atoms with Crippen LogP contribution >= 0.6 is 23.1 Å². The molecular weight excluding hydrogens is 330 g/mol. The summed E-state index contributed by atoms with van der Waals surface area (Å²) in [6, 6.07) is 0.263. The van der Waals surface area contributed by atoms with Crippen LogP contribution in [-0.4, -0.2) is 37.4 Å². The normalized spacial score (nSPS) is 17.1. The van der Waals surface area contributed by atoms with Crippen molar-refractivity contribution in [1.82, 2.24) is 20.2 Å². The Morgan fingerprint density at radius 2 is 2.22 bits per heavy atom. The molecule has 6 nitrogen and oxygen atoms in total. The van der Waals surface area contributed by atoms with E-state index in [2.05, 4.69) is 20.2 Å².